The summed E-state index contributed by atoms with van der Waals surface area (Å²) in [4.78, 5) is 0. The predicted molar refractivity (Wildman–Crippen MR) is 102 cm³/mol. The molecule has 2 aromatic rings. The number of unbranched alkanes of at least 4 members (excludes halogenated alkanes) is 2. The van der Waals surface area contributed by atoms with Gasteiger partial charge >= 0.3 is 0 Å². The summed E-state index contributed by atoms with van der Waals surface area (Å²) >= 11 is 0. The molecule has 1 aliphatic carbocycles. The van der Waals surface area contributed by atoms with E-state index >= 15 is 0 Å². The second kappa shape index (κ2) is 7.79. The van der Waals surface area contributed by atoms with Gasteiger partial charge in [0.25, 0.3) is 0 Å². The van der Waals surface area contributed by atoms with E-state index < -0.39 is 0 Å². The van der Waals surface area contributed by atoms with Crippen LogP contribution in [0, 0.1) is 5.82 Å². The molecule has 0 saturated heterocycles. The molecule has 0 unspecified atom stereocenters. The summed E-state index contributed by atoms with van der Waals surface area (Å²) < 4.78 is 14.5. The number of benzene rings is 2. The average molecular weight is 322 g/mol. The minimum absolute atomic E-state index is 0.0107. The third-order valence-electron chi connectivity index (χ3n) is 5.11. The van der Waals surface area contributed by atoms with E-state index in [4.69, 9.17) is 0 Å². The van der Waals surface area contributed by atoms with E-state index in [0.29, 0.717) is 0 Å². The zero-order valence-corrected chi connectivity index (χ0v) is 14.9. The van der Waals surface area contributed by atoms with Crippen LogP contribution in [0.1, 0.15) is 67.3 Å². The Morgan fingerprint density at radius 2 is 1.71 bits per heavy atom. The van der Waals surface area contributed by atoms with Gasteiger partial charge in [-0.2, -0.15) is 0 Å². The molecule has 0 N–H and O–H groups in total. The topological polar surface area (TPSA) is 0 Å². The molecular formula is C23H27F. The first-order chi connectivity index (χ1) is 11.7. The largest absolute Gasteiger partial charge is 0.206 e. The first kappa shape index (κ1) is 17.0. The lowest BCUT2D eigenvalue weighted by molar-refractivity contribution is 0.593. The molecule has 0 radical (unpaired) electrons. The molecule has 0 amide bonds. The number of fused-ring (bicyclic) bond motifs is 1. The third kappa shape index (κ3) is 3.61. The molecule has 0 aromatic heterocycles. The first-order valence-corrected chi connectivity index (χ1v) is 9.33. The molecule has 0 spiro atoms. The normalized spacial score (nSPS) is 13.5. The van der Waals surface area contributed by atoms with Gasteiger partial charge in [-0.25, -0.2) is 4.39 Å². The summed E-state index contributed by atoms with van der Waals surface area (Å²) in [6, 6.07) is 13.0. The van der Waals surface area contributed by atoms with Crippen molar-refractivity contribution in [2.75, 3.05) is 0 Å². The van der Waals surface area contributed by atoms with Crippen molar-refractivity contribution < 1.29 is 4.39 Å². The van der Waals surface area contributed by atoms with Crippen molar-refractivity contribution in [3.05, 3.63) is 70.0 Å². The zero-order chi connectivity index (χ0) is 16.9. The number of rotatable bonds is 6. The quantitative estimate of drug-likeness (QED) is 0.525. The number of allylic oxidation sites excluding steroid dienone is 1. The monoisotopic (exact) mass is 322 g/mol. The van der Waals surface area contributed by atoms with Crippen molar-refractivity contribution in [3.8, 4) is 0 Å². The van der Waals surface area contributed by atoms with Crippen LogP contribution >= 0.6 is 0 Å². The van der Waals surface area contributed by atoms with Crippen LogP contribution in [0.4, 0.5) is 4.39 Å². The van der Waals surface area contributed by atoms with Crippen LogP contribution in [-0.2, 0) is 19.3 Å². The Labute approximate surface area is 145 Å². The smallest absolute Gasteiger partial charge is 0.130 e. The van der Waals surface area contributed by atoms with Crippen LogP contribution in [0.2, 0.25) is 0 Å². The van der Waals surface area contributed by atoms with E-state index in [9.17, 15) is 4.39 Å². The summed E-state index contributed by atoms with van der Waals surface area (Å²) in [5, 5.41) is 0. The van der Waals surface area contributed by atoms with Crippen LogP contribution in [0.3, 0.4) is 0 Å². The van der Waals surface area contributed by atoms with Gasteiger partial charge in [0.1, 0.15) is 5.82 Å². The van der Waals surface area contributed by atoms with Gasteiger partial charge in [-0.1, -0.05) is 69.2 Å². The van der Waals surface area contributed by atoms with Crippen LogP contribution < -0.4 is 0 Å². The number of hydrogen-bond acceptors (Lipinski definition) is 0. The van der Waals surface area contributed by atoms with Gasteiger partial charge in [-0.15, -0.1) is 0 Å². The van der Waals surface area contributed by atoms with E-state index in [1.54, 1.807) is 0 Å². The summed E-state index contributed by atoms with van der Waals surface area (Å²) in [5.41, 5.74) is 6.81. The van der Waals surface area contributed by atoms with Gasteiger partial charge in [0, 0.05) is 0 Å². The molecule has 126 valence electrons. The molecular weight excluding hydrogens is 295 g/mol. The maximum atomic E-state index is 14.5. The Kier molecular flexibility index (Phi) is 5.50. The molecule has 0 nitrogen and oxygen atoms in total. The molecule has 3 rings (SSSR count). The minimum atomic E-state index is 0.0107. The molecule has 0 aliphatic heterocycles. The van der Waals surface area contributed by atoms with E-state index in [1.165, 1.54) is 42.4 Å². The van der Waals surface area contributed by atoms with E-state index in [1.807, 2.05) is 13.0 Å². The first-order valence-electron chi connectivity index (χ1n) is 9.33. The highest BCUT2D eigenvalue weighted by molar-refractivity contribution is 5.84. The Balaban J connectivity index is 1.79. The third-order valence-corrected chi connectivity index (χ3v) is 5.11. The second-order valence-electron chi connectivity index (χ2n) is 6.78. The van der Waals surface area contributed by atoms with E-state index in [2.05, 4.69) is 43.3 Å². The Hall–Kier alpha value is -1.89. The van der Waals surface area contributed by atoms with Gasteiger partial charge in [0.05, 0.1) is 0 Å². The van der Waals surface area contributed by atoms with Crippen molar-refractivity contribution >= 4 is 11.6 Å². The fraction of sp³-hybridized carbons (Fsp3) is 0.391. The Morgan fingerprint density at radius 1 is 0.917 bits per heavy atom. The van der Waals surface area contributed by atoms with Crippen molar-refractivity contribution in [3.63, 3.8) is 0 Å². The van der Waals surface area contributed by atoms with Crippen LogP contribution in [0.15, 0.2) is 36.4 Å². The van der Waals surface area contributed by atoms with Crippen molar-refractivity contribution in [2.24, 2.45) is 0 Å². The molecule has 0 heterocycles. The fourth-order valence-electron chi connectivity index (χ4n) is 3.56. The van der Waals surface area contributed by atoms with Crippen molar-refractivity contribution in [2.45, 2.75) is 58.8 Å². The number of hydrogen-bond donors (Lipinski definition) is 0. The molecule has 1 heteroatoms. The number of halogens is 1. The number of aryl methyl sites for hydroxylation is 2. The van der Waals surface area contributed by atoms with Crippen LogP contribution in [-0.4, -0.2) is 0 Å². The summed E-state index contributed by atoms with van der Waals surface area (Å²) in [6.45, 7) is 4.25. The average Bonchev–Trinajstić information content (AvgIpc) is 2.63. The highest BCUT2D eigenvalue weighted by atomic mass is 19.1. The Morgan fingerprint density at radius 3 is 2.42 bits per heavy atom. The standard InChI is InChI=1S/C23H27F/c1-3-5-6-7-17-8-10-19(11-9-17)20-14-15-22-21(16-20)13-12-18(4-2)23(22)24/h8-13,16H,3-7,14-15H2,1-2H3. The zero-order valence-electron chi connectivity index (χ0n) is 14.9. The minimum Gasteiger partial charge on any atom is -0.206 e. The van der Waals surface area contributed by atoms with Crippen LogP contribution in [0.5, 0.6) is 0 Å². The van der Waals surface area contributed by atoms with Gasteiger partial charge in [-0.05, 0) is 65.5 Å². The Bertz CT molecular complexity index is 722. The summed E-state index contributed by atoms with van der Waals surface area (Å²) in [7, 11) is 0. The lowest BCUT2D eigenvalue weighted by Gasteiger charge is -2.19. The molecule has 1 aliphatic rings. The maximum Gasteiger partial charge on any atom is 0.130 e. The van der Waals surface area contributed by atoms with Gasteiger partial charge in [0.2, 0.25) is 0 Å². The summed E-state index contributed by atoms with van der Waals surface area (Å²) in [6.07, 6.45) is 9.66. The van der Waals surface area contributed by atoms with E-state index in [-0.39, 0.29) is 5.82 Å². The molecule has 24 heavy (non-hydrogen) atoms. The van der Waals surface area contributed by atoms with Crippen LogP contribution in [0.25, 0.3) is 11.6 Å². The van der Waals surface area contributed by atoms with Gasteiger partial charge in [-0.3, -0.25) is 0 Å². The second-order valence-corrected chi connectivity index (χ2v) is 6.78. The SMILES string of the molecule is CCCCCc1ccc(C2=Cc3ccc(CC)c(F)c3CC2)cc1. The van der Waals surface area contributed by atoms with Gasteiger partial charge in [0.15, 0.2) is 0 Å². The predicted octanol–water partition coefficient (Wildman–Crippen LogP) is 6.61. The van der Waals surface area contributed by atoms with Crippen molar-refractivity contribution in [1.29, 1.82) is 0 Å². The van der Waals surface area contributed by atoms with Gasteiger partial charge < -0.3 is 0 Å². The highest BCUT2D eigenvalue weighted by Gasteiger charge is 2.17. The van der Waals surface area contributed by atoms with E-state index in [0.717, 1.165) is 36.0 Å². The fourth-order valence-corrected chi connectivity index (χ4v) is 3.56. The lowest BCUT2D eigenvalue weighted by atomic mass is 9.87. The molecule has 0 fully saturated rings. The maximum absolute atomic E-state index is 14.5. The van der Waals surface area contributed by atoms with Crippen molar-refractivity contribution in [1.82, 2.24) is 0 Å². The summed E-state index contributed by atoms with van der Waals surface area (Å²) in [5.74, 6) is 0.0107. The molecule has 0 bridgehead atoms. The molecule has 2 aromatic carbocycles. The molecule has 0 atom stereocenters. The lowest BCUT2D eigenvalue weighted by Crippen LogP contribution is -2.04. The molecule has 0 saturated carbocycles. The highest BCUT2D eigenvalue weighted by Crippen LogP contribution is 2.33.